The van der Waals surface area contributed by atoms with Crippen molar-refractivity contribution >= 4 is 33.4 Å². The third-order valence-electron chi connectivity index (χ3n) is 3.76. The second-order valence-electron chi connectivity index (χ2n) is 5.78. The van der Waals surface area contributed by atoms with Gasteiger partial charge in [0.2, 0.25) is 0 Å². The molecule has 2 amide bonds. The molecule has 2 N–H and O–H groups in total. The molecule has 0 saturated heterocycles. The average molecular weight is 435 g/mol. The molecule has 0 saturated carbocycles. The van der Waals surface area contributed by atoms with Crippen LogP contribution in [0.4, 0.5) is 5.69 Å². The molecule has 144 valence electrons. The Morgan fingerprint density at radius 1 is 1.15 bits per heavy atom. The number of carbonyl (C=O) groups is 2. The van der Waals surface area contributed by atoms with Crippen molar-refractivity contribution in [3.8, 4) is 5.75 Å². The Hall–Kier alpha value is -2.38. The predicted molar refractivity (Wildman–Crippen MR) is 108 cm³/mol. The van der Waals surface area contributed by atoms with E-state index in [9.17, 15) is 9.59 Å². The van der Waals surface area contributed by atoms with Gasteiger partial charge in [0.1, 0.15) is 5.75 Å². The van der Waals surface area contributed by atoms with Gasteiger partial charge in [0, 0.05) is 24.9 Å². The van der Waals surface area contributed by atoms with Crippen molar-refractivity contribution in [2.24, 2.45) is 0 Å². The maximum atomic E-state index is 12.1. The highest BCUT2D eigenvalue weighted by Gasteiger charge is 2.09. The van der Waals surface area contributed by atoms with Crippen LogP contribution in [0.5, 0.6) is 5.75 Å². The summed E-state index contributed by atoms with van der Waals surface area (Å²) in [5.41, 5.74) is 2.17. The Kier molecular flexibility index (Phi) is 8.29. The average Bonchev–Trinajstić information content (AvgIpc) is 2.67. The molecule has 0 atom stereocenters. The number of hydrogen-bond donors (Lipinski definition) is 2. The number of hydrogen-bond acceptors (Lipinski definition) is 4. The van der Waals surface area contributed by atoms with Crippen LogP contribution in [0.25, 0.3) is 0 Å². The summed E-state index contributed by atoms with van der Waals surface area (Å²) in [6, 6.07) is 12.5. The Morgan fingerprint density at radius 3 is 2.67 bits per heavy atom. The minimum atomic E-state index is -0.307. The number of nitrogens with one attached hydrogen (secondary N) is 2. The van der Waals surface area contributed by atoms with E-state index in [0.717, 1.165) is 10.9 Å². The fourth-order valence-corrected chi connectivity index (χ4v) is 2.87. The second-order valence-corrected chi connectivity index (χ2v) is 6.64. The van der Waals surface area contributed by atoms with Crippen molar-refractivity contribution in [1.29, 1.82) is 0 Å². The summed E-state index contributed by atoms with van der Waals surface area (Å²) in [4.78, 5) is 24.2. The number of ether oxygens (including phenoxy) is 2. The molecule has 27 heavy (non-hydrogen) atoms. The van der Waals surface area contributed by atoms with Crippen molar-refractivity contribution < 1.29 is 19.1 Å². The van der Waals surface area contributed by atoms with Crippen LogP contribution in [0.3, 0.4) is 0 Å². The molecule has 0 heterocycles. The van der Waals surface area contributed by atoms with Gasteiger partial charge in [-0.3, -0.25) is 9.59 Å². The lowest BCUT2D eigenvalue weighted by atomic mass is 10.2. The maximum Gasteiger partial charge on any atom is 0.262 e. The van der Waals surface area contributed by atoms with E-state index in [2.05, 4.69) is 33.5 Å². The molecular weight excluding hydrogens is 412 g/mol. The molecule has 0 unspecified atom stereocenters. The molecule has 0 fully saturated rings. The molecule has 2 aromatic rings. The van der Waals surface area contributed by atoms with Crippen molar-refractivity contribution in [2.75, 3.05) is 32.2 Å². The number of amides is 2. The van der Waals surface area contributed by atoms with Crippen molar-refractivity contribution in [1.82, 2.24) is 5.32 Å². The highest BCUT2D eigenvalue weighted by atomic mass is 79.9. The lowest BCUT2D eigenvalue weighted by Crippen LogP contribution is -2.27. The van der Waals surface area contributed by atoms with E-state index in [1.165, 1.54) is 5.56 Å². The van der Waals surface area contributed by atoms with Crippen molar-refractivity contribution in [3.05, 3.63) is 58.1 Å². The number of anilines is 1. The summed E-state index contributed by atoms with van der Waals surface area (Å²) in [6.45, 7) is 2.80. The van der Waals surface area contributed by atoms with Crippen LogP contribution < -0.4 is 15.4 Å². The number of methoxy groups -OCH3 is 1. The van der Waals surface area contributed by atoms with Crippen molar-refractivity contribution in [2.45, 2.75) is 13.3 Å². The topological polar surface area (TPSA) is 76.7 Å². The molecule has 0 aromatic heterocycles. The number of halogens is 1. The third kappa shape index (κ3) is 6.69. The fourth-order valence-electron chi connectivity index (χ4n) is 2.33. The SMILES string of the molecule is CCc1ccc(OCC(=O)Nc2cccc(C(=O)NCCOC)c2)c(Br)c1. The van der Waals surface area contributed by atoms with Gasteiger partial charge in [-0.2, -0.15) is 0 Å². The zero-order chi connectivity index (χ0) is 19.6. The summed E-state index contributed by atoms with van der Waals surface area (Å²) in [5.74, 6) is 0.0753. The van der Waals surface area contributed by atoms with E-state index < -0.39 is 0 Å². The summed E-state index contributed by atoms with van der Waals surface area (Å²) in [7, 11) is 1.57. The van der Waals surface area contributed by atoms with E-state index in [-0.39, 0.29) is 18.4 Å². The van der Waals surface area contributed by atoms with E-state index >= 15 is 0 Å². The number of carbonyl (C=O) groups excluding carboxylic acids is 2. The zero-order valence-corrected chi connectivity index (χ0v) is 17.0. The highest BCUT2D eigenvalue weighted by Crippen LogP contribution is 2.26. The first-order valence-electron chi connectivity index (χ1n) is 8.61. The van der Waals surface area contributed by atoms with Crippen LogP contribution in [0.2, 0.25) is 0 Å². The van der Waals surface area contributed by atoms with Crippen LogP contribution >= 0.6 is 15.9 Å². The standard InChI is InChI=1S/C20H23BrN2O4/c1-3-14-7-8-18(17(21)11-14)27-13-19(24)23-16-6-4-5-15(12-16)20(25)22-9-10-26-2/h4-8,11-12H,3,9-10,13H2,1-2H3,(H,22,25)(H,23,24). The van der Waals surface area contributed by atoms with Gasteiger partial charge in [-0.25, -0.2) is 0 Å². The molecule has 2 rings (SSSR count). The minimum Gasteiger partial charge on any atom is -0.483 e. The monoisotopic (exact) mass is 434 g/mol. The van der Waals surface area contributed by atoms with Gasteiger partial charge in [0.15, 0.2) is 6.61 Å². The lowest BCUT2D eigenvalue weighted by Gasteiger charge is -2.11. The number of rotatable bonds is 9. The van der Waals surface area contributed by atoms with Gasteiger partial charge >= 0.3 is 0 Å². The van der Waals surface area contributed by atoms with Crippen LogP contribution in [-0.4, -0.2) is 38.7 Å². The highest BCUT2D eigenvalue weighted by molar-refractivity contribution is 9.10. The number of benzene rings is 2. The lowest BCUT2D eigenvalue weighted by molar-refractivity contribution is -0.118. The Balaban J connectivity index is 1.90. The van der Waals surface area contributed by atoms with Crippen LogP contribution in [0, 0.1) is 0 Å². The maximum absolute atomic E-state index is 12.1. The van der Waals surface area contributed by atoms with Gasteiger partial charge < -0.3 is 20.1 Å². The fraction of sp³-hybridized carbons (Fsp3) is 0.300. The van der Waals surface area contributed by atoms with Gasteiger partial charge in [-0.15, -0.1) is 0 Å². The number of aryl methyl sites for hydroxylation is 1. The van der Waals surface area contributed by atoms with E-state index in [1.54, 1.807) is 31.4 Å². The Bertz CT molecular complexity index is 795. The quantitative estimate of drug-likeness (QED) is 0.592. The van der Waals surface area contributed by atoms with Crippen LogP contribution in [-0.2, 0) is 16.0 Å². The largest absolute Gasteiger partial charge is 0.483 e. The molecule has 0 spiro atoms. The molecule has 7 heteroatoms. The summed E-state index contributed by atoms with van der Waals surface area (Å²) < 4.78 is 11.3. The van der Waals surface area contributed by atoms with Gasteiger partial charge in [0.25, 0.3) is 11.8 Å². The smallest absolute Gasteiger partial charge is 0.262 e. The molecule has 6 nitrogen and oxygen atoms in total. The molecule has 0 aliphatic carbocycles. The summed E-state index contributed by atoms with van der Waals surface area (Å²) >= 11 is 3.45. The Morgan fingerprint density at radius 2 is 1.96 bits per heavy atom. The molecule has 0 bridgehead atoms. The molecule has 0 aliphatic heterocycles. The van der Waals surface area contributed by atoms with Crippen molar-refractivity contribution in [3.63, 3.8) is 0 Å². The third-order valence-corrected chi connectivity index (χ3v) is 4.38. The van der Waals surface area contributed by atoms with E-state index in [0.29, 0.717) is 30.2 Å². The van der Waals surface area contributed by atoms with Gasteiger partial charge in [-0.1, -0.05) is 19.1 Å². The first kappa shape index (κ1) is 20.9. The molecule has 0 aliphatic rings. The predicted octanol–water partition coefficient (Wildman–Crippen LogP) is 3.41. The zero-order valence-electron chi connectivity index (χ0n) is 15.4. The summed E-state index contributed by atoms with van der Waals surface area (Å²) in [6.07, 6.45) is 0.925. The first-order valence-corrected chi connectivity index (χ1v) is 9.41. The normalized spacial score (nSPS) is 10.3. The van der Waals surface area contributed by atoms with Crippen LogP contribution in [0.15, 0.2) is 46.9 Å². The Labute approximate surface area is 167 Å². The molecule has 2 aromatic carbocycles. The van der Waals surface area contributed by atoms with Gasteiger partial charge in [0.05, 0.1) is 11.1 Å². The first-order chi connectivity index (χ1) is 13.0. The van der Waals surface area contributed by atoms with E-state index in [4.69, 9.17) is 9.47 Å². The van der Waals surface area contributed by atoms with E-state index in [1.807, 2.05) is 18.2 Å². The molecule has 0 radical (unpaired) electrons. The minimum absolute atomic E-state index is 0.131. The second kappa shape index (κ2) is 10.7. The van der Waals surface area contributed by atoms with Gasteiger partial charge in [-0.05, 0) is 58.2 Å². The summed E-state index contributed by atoms with van der Waals surface area (Å²) in [5, 5.41) is 5.47. The van der Waals surface area contributed by atoms with Crippen LogP contribution in [0.1, 0.15) is 22.8 Å². The molecular formula is C20H23BrN2O4.